The molecule has 0 saturated carbocycles. The van der Waals surface area contributed by atoms with Crippen molar-refractivity contribution >= 4 is 6.03 Å². The van der Waals surface area contributed by atoms with Gasteiger partial charge in [0.2, 0.25) is 0 Å². The van der Waals surface area contributed by atoms with Crippen molar-refractivity contribution in [1.82, 2.24) is 10.2 Å². The number of nitrogens with zero attached hydrogens (tertiary/aromatic N) is 1. The Labute approximate surface area is 166 Å². The van der Waals surface area contributed by atoms with Crippen LogP contribution in [0.15, 0.2) is 48.5 Å². The van der Waals surface area contributed by atoms with Crippen LogP contribution in [0.3, 0.4) is 0 Å². The summed E-state index contributed by atoms with van der Waals surface area (Å²) in [6.07, 6.45) is 1.72. The SMILES string of the molecule is COc1ccc(C2CCCN2C(=O)NCC(OC)c2ccccc2)cc1OC. The van der Waals surface area contributed by atoms with Crippen LogP contribution in [0.4, 0.5) is 4.79 Å². The number of hydrogen-bond acceptors (Lipinski definition) is 4. The lowest BCUT2D eigenvalue weighted by Gasteiger charge is -2.27. The Kier molecular flexibility index (Phi) is 6.76. The summed E-state index contributed by atoms with van der Waals surface area (Å²) < 4.78 is 16.3. The summed E-state index contributed by atoms with van der Waals surface area (Å²) in [6, 6.07) is 15.7. The van der Waals surface area contributed by atoms with E-state index in [1.54, 1.807) is 21.3 Å². The number of carbonyl (C=O) groups excluding carboxylic acids is 1. The number of methoxy groups -OCH3 is 3. The summed E-state index contributed by atoms with van der Waals surface area (Å²) >= 11 is 0. The quantitative estimate of drug-likeness (QED) is 0.786. The van der Waals surface area contributed by atoms with E-state index in [-0.39, 0.29) is 18.2 Å². The zero-order valence-corrected chi connectivity index (χ0v) is 16.7. The lowest BCUT2D eigenvalue weighted by molar-refractivity contribution is 0.101. The third-order valence-corrected chi connectivity index (χ3v) is 5.20. The Hall–Kier alpha value is -2.73. The lowest BCUT2D eigenvalue weighted by Crippen LogP contribution is -2.41. The second kappa shape index (κ2) is 9.46. The highest BCUT2D eigenvalue weighted by atomic mass is 16.5. The van der Waals surface area contributed by atoms with Gasteiger partial charge in [-0.2, -0.15) is 0 Å². The van der Waals surface area contributed by atoms with E-state index in [1.165, 1.54) is 0 Å². The number of nitrogens with one attached hydrogen (secondary N) is 1. The van der Waals surface area contributed by atoms with Crippen LogP contribution in [0.5, 0.6) is 11.5 Å². The molecule has 1 N–H and O–H groups in total. The smallest absolute Gasteiger partial charge is 0.318 e. The van der Waals surface area contributed by atoms with Crippen LogP contribution >= 0.6 is 0 Å². The van der Waals surface area contributed by atoms with Gasteiger partial charge in [0, 0.05) is 20.2 Å². The molecule has 6 heteroatoms. The Morgan fingerprint density at radius 3 is 2.54 bits per heavy atom. The second-order valence-electron chi connectivity index (χ2n) is 6.79. The van der Waals surface area contributed by atoms with Crippen molar-refractivity contribution in [3.8, 4) is 11.5 Å². The van der Waals surface area contributed by atoms with Crippen molar-refractivity contribution in [1.29, 1.82) is 0 Å². The largest absolute Gasteiger partial charge is 0.493 e. The van der Waals surface area contributed by atoms with Crippen molar-refractivity contribution in [2.75, 3.05) is 34.4 Å². The zero-order chi connectivity index (χ0) is 19.9. The van der Waals surface area contributed by atoms with Crippen LogP contribution in [-0.4, -0.2) is 45.3 Å². The molecule has 1 aliphatic heterocycles. The van der Waals surface area contributed by atoms with E-state index >= 15 is 0 Å². The molecule has 1 saturated heterocycles. The third-order valence-electron chi connectivity index (χ3n) is 5.20. The van der Waals surface area contributed by atoms with Crippen LogP contribution in [-0.2, 0) is 4.74 Å². The first-order valence-corrected chi connectivity index (χ1v) is 9.52. The fraction of sp³-hybridized carbons (Fsp3) is 0.409. The van der Waals surface area contributed by atoms with Gasteiger partial charge in [0.05, 0.1) is 26.4 Å². The first kappa shape index (κ1) is 20.0. The molecule has 2 atom stereocenters. The molecular formula is C22H28N2O4. The molecule has 1 heterocycles. The molecule has 0 spiro atoms. The molecule has 3 rings (SSSR count). The van der Waals surface area contributed by atoms with Crippen LogP contribution in [0.1, 0.15) is 36.1 Å². The van der Waals surface area contributed by atoms with Crippen molar-refractivity contribution in [2.45, 2.75) is 25.0 Å². The molecule has 28 heavy (non-hydrogen) atoms. The predicted octanol–water partition coefficient (Wildman–Crippen LogP) is 3.94. The monoisotopic (exact) mass is 384 g/mol. The highest BCUT2D eigenvalue weighted by Gasteiger charge is 2.31. The van der Waals surface area contributed by atoms with Gasteiger partial charge >= 0.3 is 6.03 Å². The van der Waals surface area contributed by atoms with E-state index in [9.17, 15) is 4.79 Å². The number of ether oxygens (including phenoxy) is 3. The van der Waals surface area contributed by atoms with Gasteiger partial charge in [0.25, 0.3) is 0 Å². The third kappa shape index (κ3) is 4.39. The number of benzene rings is 2. The molecule has 150 valence electrons. The summed E-state index contributed by atoms with van der Waals surface area (Å²) in [4.78, 5) is 14.7. The number of likely N-dealkylation sites (tertiary alicyclic amines) is 1. The molecule has 1 aliphatic rings. The average molecular weight is 384 g/mol. The molecule has 0 aromatic heterocycles. The van der Waals surface area contributed by atoms with E-state index in [2.05, 4.69) is 5.32 Å². The van der Waals surface area contributed by atoms with Gasteiger partial charge in [0.1, 0.15) is 0 Å². The molecule has 6 nitrogen and oxygen atoms in total. The molecule has 2 unspecified atom stereocenters. The minimum absolute atomic E-state index is 0.0255. The Bertz CT molecular complexity index is 781. The van der Waals surface area contributed by atoms with Crippen LogP contribution in [0, 0.1) is 0 Å². The number of hydrogen-bond donors (Lipinski definition) is 1. The van der Waals surface area contributed by atoms with E-state index in [0.29, 0.717) is 18.0 Å². The maximum atomic E-state index is 12.9. The van der Waals surface area contributed by atoms with E-state index in [0.717, 1.165) is 30.5 Å². The van der Waals surface area contributed by atoms with E-state index < -0.39 is 0 Å². The maximum Gasteiger partial charge on any atom is 0.318 e. The molecule has 0 bridgehead atoms. The van der Waals surface area contributed by atoms with Gasteiger partial charge in [-0.15, -0.1) is 0 Å². The Morgan fingerprint density at radius 1 is 1.11 bits per heavy atom. The van der Waals surface area contributed by atoms with Crippen molar-refractivity contribution in [3.05, 3.63) is 59.7 Å². The van der Waals surface area contributed by atoms with Crippen molar-refractivity contribution in [3.63, 3.8) is 0 Å². The first-order valence-electron chi connectivity index (χ1n) is 9.52. The number of urea groups is 1. The summed E-state index contributed by atoms with van der Waals surface area (Å²) in [5.74, 6) is 1.36. The molecule has 2 amide bonds. The van der Waals surface area contributed by atoms with Gasteiger partial charge in [-0.3, -0.25) is 0 Å². The maximum absolute atomic E-state index is 12.9. The second-order valence-corrected chi connectivity index (χ2v) is 6.79. The minimum atomic E-state index is -0.174. The number of carbonyl (C=O) groups is 1. The van der Waals surface area contributed by atoms with E-state index in [1.807, 2.05) is 53.4 Å². The van der Waals surface area contributed by atoms with Gasteiger partial charge in [0.15, 0.2) is 11.5 Å². The highest BCUT2D eigenvalue weighted by molar-refractivity contribution is 5.75. The standard InChI is InChI=1S/C22H28N2O4/c1-26-19-12-11-17(14-20(19)27-2)18-10-7-13-24(18)22(25)23-15-21(28-3)16-8-5-4-6-9-16/h4-6,8-9,11-12,14,18,21H,7,10,13,15H2,1-3H3,(H,23,25). The summed E-state index contributed by atoms with van der Waals surface area (Å²) in [6.45, 7) is 1.16. The molecule has 0 radical (unpaired) electrons. The molecule has 2 aromatic rings. The molecular weight excluding hydrogens is 356 g/mol. The van der Waals surface area contributed by atoms with Gasteiger partial charge < -0.3 is 24.4 Å². The summed E-state index contributed by atoms with van der Waals surface area (Å²) in [7, 11) is 4.90. The highest BCUT2D eigenvalue weighted by Crippen LogP contribution is 2.36. The van der Waals surface area contributed by atoms with Gasteiger partial charge in [-0.05, 0) is 36.1 Å². The fourth-order valence-electron chi connectivity index (χ4n) is 3.70. The Morgan fingerprint density at radius 2 is 1.86 bits per heavy atom. The normalized spacial score (nSPS) is 17.2. The minimum Gasteiger partial charge on any atom is -0.493 e. The Balaban J connectivity index is 1.68. The zero-order valence-electron chi connectivity index (χ0n) is 16.7. The van der Waals surface area contributed by atoms with Crippen LogP contribution in [0.25, 0.3) is 0 Å². The summed E-state index contributed by atoms with van der Waals surface area (Å²) in [5, 5.41) is 3.03. The molecule has 2 aromatic carbocycles. The van der Waals surface area contributed by atoms with E-state index in [4.69, 9.17) is 14.2 Å². The molecule has 0 aliphatic carbocycles. The molecule has 1 fully saturated rings. The van der Waals surface area contributed by atoms with Crippen molar-refractivity contribution in [2.24, 2.45) is 0 Å². The summed E-state index contributed by atoms with van der Waals surface area (Å²) in [5.41, 5.74) is 2.10. The topological polar surface area (TPSA) is 60.0 Å². The first-order chi connectivity index (χ1) is 13.7. The average Bonchev–Trinajstić information content (AvgIpc) is 3.24. The number of amides is 2. The predicted molar refractivity (Wildman–Crippen MR) is 108 cm³/mol. The van der Waals surface area contributed by atoms with Gasteiger partial charge in [-0.25, -0.2) is 4.79 Å². The number of rotatable bonds is 7. The van der Waals surface area contributed by atoms with Crippen molar-refractivity contribution < 1.29 is 19.0 Å². The fourth-order valence-corrected chi connectivity index (χ4v) is 3.70. The van der Waals surface area contributed by atoms with Crippen LogP contribution in [0.2, 0.25) is 0 Å². The van der Waals surface area contributed by atoms with Crippen LogP contribution < -0.4 is 14.8 Å². The van der Waals surface area contributed by atoms with Gasteiger partial charge in [-0.1, -0.05) is 36.4 Å². The lowest BCUT2D eigenvalue weighted by atomic mass is 10.0.